The summed E-state index contributed by atoms with van der Waals surface area (Å²) >= 11 is 1.16. The second kappa shape index (κ2) is 5.07. The summed E-state index contributed by atoms with van der Waals surface area (Å²) in [7, 11) is -3.46. The fraction of sp³-hybridized carbons (Fsp3) is 0.556. The van der Waals surface area contributed by atoms with E-state index in [0.29, 0.717) is 0 Å². The number of aliphatic hydroxyl groups excluding tert-OH is 1. The Morgan fingerprint density at radius 2 is 2.20 bits per heavy atom. The average Bonchev–Trinajstić information content (AvgIpc) is 2.67. The van der Waals surface area contributed by atoms with Crippen LogP contribution in [0.1, 0.15) is 13.8 Å². The van der Waals surface area contributed by atoms with Gasteiger partial charge in [-0.3, -0.25) is 0 Å². The Labute approximate surface area is 94.0 Å². The molecule has 4 nitrogen and oxygen atoms in total. The van der Waals surface area contributed by atoms with Gasteiger partial charge in [-0.05, 0) is 17.4 Å². The van der Waals surface area contributed by atoms with Gasteiger partial charge in [-0.2, -0.15) is 0 Å². The first-order valence-corrected chi connectivity index (χ1v) is 7.00. The van der Waals surface area contributed by atoms with E-state index in [-0.39, 0.29) is 16.7 Å². The van der Waals surface area contributed by atoms with E-state index in [9.17, 15) is 8.42 Å². The number of thiophene rings is 1. The normalized spacial score (nSPS) is 14.4. The van der Waals surface area contributed by atoms with Crippen molar-refractivity contribution < 1.29 is 13.5 Å². The first-order valence-electron chi connectivity index (χ1n) is 4.64. The Hall–Kier alpha value is -0.430. The molecule has 0 saturated heterocycles. The van der Waals surface area contributed by atoms with Crippen molar-refractivity contribution in [1.29, 1.82) is 0 Å². The standard InChI is InChI=1S/C9H15NO3S2/c1-7(2)8(6-11)10-15(12,13)9-4-3-5-14-9/h3-5,7-8,10-11H,6H2,1-2H3/t8-/m1/s1. The monoisotopic (exact) mass is 249 g/mol. The molecular formula is C9H15NO3S2. The molecule has 1 aromatic rings. The zero-order valence-electron chi connectivity index (χ0n) is 8.67. The minimum atomic E-state index is -3.46. The number of aliphatic hydroxyl groups is 1. The zero-order chi connectivity index (χ0) is 11.5. The molecule has 0 bridgehead atoms. The van der Waals surface area contributed by atoms with Crippen LogP contribution < -0.4 is 4.72 Å². The Bertz CT molecular complexity index is 383. The van der Waals surface area contributed by atoms with Gasteiger partial charge < -0.3 is 5.11 Å². The van der Waals surface area contributed by atoms with E-state index in [4.69, 9.17) is 5.11 Å². The highest BCUT2D eigenvalue weighted by molar-refractivity contribution is 7.91. The molecule has 0 aliphatic heterocycles. The molecule has 0 spiro atoms. The van der Waals surface area contributed by atoms with Crippen molar-refractivity contribution in [2.45, 2.75) is 24.1 Å². The first kappa shape index (κ1) is 12.6. The van der Waals surface area contributed by atoms with Crippen molar-refractivity contribution >= 4 is 21.4 Å². The fourth-order valence-electron chi connectivity index (χ4n) is 1.06. The van der Waals surface area contributed by atoms with Crippen LogP contribution in [0.3, 0.4) is 0 Å². The predicted molar refractivity (Wildman–Crippen MR) is 60.4 cm³/mol. The van der Waals surface area contributed by atoms with E-state index in [2.05, 4.69) is 4.72 Å². The Kier molecular flexibility index (Phi) is 4.27. The quantitative estimate of drug-likeness (QED) is 0.819. The molecule has 0 aliphatic carbocycles. The van der Waals surface area contributed by atoms with Crippen LogP contribution in [0.2, 0.25) is 0 Å². The van der Waals surface area contributed by atoms with Crippen molar-refractivity contribution in [3.63, 3.8) is 0 Å². The molecule has 15 heavy (non-hydrogen) atoms. The number of rotatable bonds is 5. The average molecular weight is 249 g/mol. The number of hydrogen-bond donors (Lipinski definition) is 2. The highest BCUT2D eigenvalue weighted by Gasteiger charge is 2.22. The molecular weight excluding hydrogens is 234 g/mol. The summed E-state index contributed by atoms with van der Waals surface area (Å²) in [5, 5.41) is 10.7. The summed E-state index contributed by atoms with van der Waals surface area (Å²) in [6.07, 6.45) is 0. The van der Waals surface area contributed by atoms with Gasteiger partial charge in [0.25, 0.3) is 0 Å². The minimum Gasteiger partial charge on any atom is -0.395 e. The van der Waals surface area contributed by atoms with Crippen molar-refractivity contribution in [2.75, 3.05) is 6.61 Å². The SMILES string of the molecule is CC(C)[C@@H](CO)NS(=O)(=O)c1cccs1. The molecule has 86 valence electrons. The van der Waals surface area contributed by atoms with Crippen molar-refractivity contribution in [1.82, 2.24) is 4.72 Å². The Morgan fingerprint density at radius 3 is 2.60 bits per heavy atom. The Balaban J connectivity index is 2.81. The van der Waals surface area contributed by atoms with Gasteiger partial charge in [0, 0.05) is 6.04 Å². The molecule has 1 aromatic heterocycles. The fourth-order valence-corrected chi connectivity index (χ4v) is 3.44. The molecule has 0 unspecified atom stereocenters. The molecule has 2 N–H and O–H groups in total. The van der Waals surface area contributed by atoms with Crippen molar-refractivity contribution in [3.8, 4) is 0 Å². The van der Waals surface area contributed by atoms with E-state index in [1.54, 1.807) is 17.5 Å². The Morgan fingerprint density at radius 1 is 1.53 bits per heavy atom. The maximum Gasteiger partial charge on any atom is 0.250 e. The summed E-state index contributed by atoms with van der Waals surface area (Å²) < 4.78 is 26.3. The molecule has 0 amide bonds. The molecule has 0 saturated carbocycles. The van der Waals surface area contributed by atoms with Gasteiger partial charge in [0.2, 0.25) is 10.0 Å². The molecule has 6 heteroatoms. The zero-order valence-corrected chi connectivity index (χ0v) is 10.3. The van der Waals surface area contributed by atoms with Crippen LogP contribution in [0.15, 0.2) is 21.7 Å². The van der Waals surface area contributed by atoms with Crippen LogP contribution in [0, 0.1) is 5.92 Å². The van der Waals surface area contributed by atoms with Gasteiger partial charge in [-0.25, -0.2) is 13.1 Å². The molecule has 1 rings (SSSR count). The van der Waals surface area contributed by atoms with Gasteiger partial charge in [0.1, 0.15) is 4.21 Å². The third-order valence-electron chi connectivity index (χ3n) is 2.07. The van der Waals surface area contributed by atoms with Gasteiger partial charge in [-0.1, -0.05) is 19.9 Å². The second-order valence-corrected chi connectivity index (χ2v) is 6.47. The van der Waals surface area contributed by atoms with E-state index in [0.717, 1.165) is 11.3 Å². The lowest BCUT2D eigenvalue weighted by Crippen LogP contribution is -2.40. The van der Waals surface area contributed by atoms with Crippen molar-refractivity contribution in [3.05, 3.63) is 17.5 Å². The van der Waals surface area contributed by atoms with Crippen LogP contribution in [-0.2, 0) is 10.0 Å². The minimum absolute atomic E-state index is 0.0599. The maximum atomic E-state index is 11.8. The third kappa shape index (κ3) is 3.27. The van der Waals surface area contributed by atoms with Crippen LogP contribution in [0.5, 0.6) is 0 Å². The smallest absolute Gasteiger partial charge is 0.250 e. The summed E-state index contributed by atoms with van der Waals surface area (Å²) in [5.41, 5.74) is 0. The van der Waals surface area contributed by atoms with Crippen molar-refractivity contribution in [2.24, 2.45) is 5.92 Å². The second-order valence-electron chi connectivity index (χ2n) is 3.59. The van der Waals surface area contributed by atoms with E-state index < -0.39 is 16.1 Å². The maximum absolute atomic E-state index is 11.8. The van der Waals surface area contributed by atoms with Crippen LogP contribution in [0.4, 0.5) is 0 Å². The van der Waals surface area contributed by atoms with E-state index in [1.165, 1.54) is 0 Å². The van der Waals surface area contributed by atoms with Gasteiger partial charge in [0.15, 0.2) is 0 Å². The summed E-state index contributed by atoms with van der Waals surface area (Å²) in [5.74, 6) is 0.0599. The molecule has 0 radical (unpaired) electrons. The van der Waals surface area contributed by atoms with Gasteiger partial charge in [0.05, 0.1) is 6.61 Å². The molecule has 1 heterocycles. The van der Waals surface area contributed by atoms with E-state index in [1.807, 2.05) is 13.8 Å². The first-order chi connectivity index (χ1) is 6.97. The number of hydrogen-bond acceptors (Lipinski definition) is 4. The summed E-state index contributed by atoms with van der Waals surface area (Å²) in [6.45, 7) is 3.53. The van der Waals surface area contributed by atoms with Crippen LogP contribution in [0.25, 0.3) is 0 Å². The molecule has 0 aromatic carbocycles. The lowest BCUT2D eigenvalue weighted by Gasteiger charge is -2.19. The lowest BCUT2D eigenvalue weighted by atomic mass is 10.1. The lowest BCUT2D eigenvalue weighted by molar-refractivity contribution is 0.228. The third-order valence-corrected chi connectivity index (χ3v) is 4.96. The van der Waals surface area contributed by atoms with E-state index >= 15 is 0 Å². The van der Waals surface area contributed by atoms with Crippen LogP contribution >= 0.6 is 11.3 Å². The molecule has 0 aliphatic rings. The topological polar surface area (TPSA) is 66.4 Å². The molecule has 1 atom stereocenters. The predicted octanol–water partition coefficient (Wildman–Crippen LogP) is 1.04. The highest BCUT2D eigenvalue weighted by atomic mass is 32.2. The van der Waals surface area contributed by atoms with Crippen LogP contribution in [-0.4, -0.2) is 26.2 Å². The summed E-state index contributed by atoms with van der Waals surface area (Å²) in [4.78, 5) is 0. The number of nitrogens with one attached hydrogen (secondary N) is 1. The molecule has 0 fully saturated rings. The highest BCUT2D eigenvalue weighted by Crippen LogP contribution is 2.16. The van der Waals surface area contributed by atoms with Gasteiger partial charge in [-0.15, -0.1) is 11.3 Å². The van der Waals surface area contributed by atoms with Gasteiger partial charge >= 0.3 is 0 Å². The number of sulfonamides is 1. The largest absolute Gasteiger partial charge is 0.395 e. The summed E-state index contributed by atoms with van der Waals surface area (Å²) in [6, 6.07) is 2.79.